The Hall–Kier alpha value is -1.62. The van der Waals surface area contributed by atoms with Gasteiger partial charge in [-0.25, -0.2) is 0 Å². The molecule has 0 aromatic heterocycles. The van der Waals surface area contributed by atoms with Crippen molar-refractivity contribution < 1.29 is 4.92 Å². The Labute approximate surface area is 107 Å². The fourth-order valence-electron chi connectivity index (χ4n) is 2.71. The van der Waals surface area contributed by atoms with Crippen molar-refractivity contribution in [2.24, 2.45) is 5.73 Å². The van der Waals surface area contributed by atoms with Gasteiger partial charge in [0.25, 0.3) is 5.69 Å². The molecule has 5 nitrogen and oxygen atoms in total. The zero-order valence-electron chi connectivity index (χ0n) is 10.8. The molecule has 18 heavy (non-hydrogen) atoms. The molecule has 0 bridgehead atoms. The fraction of sp³-hybridized carbons (Fsp3) is 0.538. The van der Waals surface area contributed by atoms with Crippen molar-refractivity contribution in [1.29, 1.82) is 0 Å². The highest BCUT2D eigenvalue weighted by molar-refractivity contribution is 5.68. The molecule has 0 radical (unpaired) electrons. The molecule has 2 rings (SSSR count). The van der Waals surface area contributed by atoms with E-state index in [4.69, 9.17) is 5.73 Å². The van der Waals surface area contributed by atoms with Crippen molar-refractivity contribution in [3.8, 4) is 0 Å². The number of nitrogens with zero attached hydrogens (tertiary/aromatic N) is 2. The molecule has 1 aliphatic heterocycles. The van der Waals surface area contributed by atoms with Crippen LogP contribution in [-0.4, -0.2) is 23.6 Å². The molecule has 2 unspecified atom stereocenters. The highest BCUT2D eigenvalue weighted by atomic mass is 16.6. The van der Waals surface area contributed by atoms with E-state index in [1.165, 1.54) is 0 Å². The molecular formula is C13H19N3O2. The summed E-state index contributed by atoms with van der Waals surface area (Å²) < 4.78 is 0. The standard InChI is InChI=1S/C13H19N3O2/c1-9-4-3-5-12(16(17)18)13(9)15-7-6-11(14)8-10(15)2/h3-5,10-11H,6-8,14H2,1-2H3. The lowest BCUT2D eigenvalue weighted by molar-refractivity contribution is -0.384. The van der Waals surface area contributed by atoms with Crippen molar-refractivity contribution in [2.75, 3.05) is 11.4 Å². The number of piperidine rings is 1. The molecule has 0 spiro atoms. The molecular weight excluding hydrogens is 230 g/mol. The number of benzene rings is 1. The minimum absolute atomic E-state index is 0.192. The van der Waals surface area contributed by atoms with Gasteiger partial charge in [-0.15, -0.1) is 0 Å². The number of hydrogen-bond donors (Lipinski definition) is 1. The van der Waals surface area contributed by atoms with E-state index in [2.05, 4.69) is 11.8 Å². The van der Waals surface area contributed by atoms with E-state index < -0.39 is 0 Å². The number of anilines is 1. The third kappa shape index (κ3) is 2.31. The van der Waals surface area contributed by atoms with E-state index in [-0.39, 0.29) is 22.7 Å². The largest absolute Gasteiger partial charge is 0.363 e. The van der Waals surface area contributed by atoms with Gasteiger partial charge in [-0.05, 0) is 32.3 Å². The molecule has 1 aliphatic rings. The van der Waals surface area contributed by atoms with Crippen LogP contribution in [0.1, 0.15) is 25.3 Å². The molecule has 5 heteroatoms. The summed E-state index contributed by atoms with van der Waals surface area (Å²) in [5, 5.41) is 11.1. The summed E-state index contributed by atoms with van der Waals surface area (Å²) in [7, 11) is 0. The predicted molar refractivity (Wildman–Crippen MR) is 71.9 cm³/mol. The van der Waals surface area contributed by atoms with Crippen LogP contribution in [0.5, 0.6) is 0 Å². The maximum Gasteiger partial charge on any atom is 0.292 e. The number of aryl methyl sites for hydroxylation is 1. The Kier molecular flexibility index (Phi) is 3.52. The molecule has 1 aromatic rings. The second-order valence-electron chi connectivity index (χ2n) is 5.03. The lowest BCUT2D eigenvalue weighted by atomic mass is 9.97. The van der Waals surface area contributed by atoms with E-state index in [0.29, 0.717) is 0 Å². The summed E-state index contributed by atoms with van der Waals surface area (Å²) in [5.41, 5.74) is 7.84. The number of nitrogens with two attached hydrogens (primary N) is 1. The first-order chi connectivity index (χ1) is 8.50. The first-order valence-corrected chi connectivity index (χ1v) is 6.27. The lowest BCUT2D eigenvalue weighted by Gasteiger charge is -2.38. The van der Waals surface area contributed by atoms with Crippen LogP contribution in [0.4, 0.5) is 11.4 Å². The number of hydrogen-bond acceptors (Lipinski definition) is 4. The van der Waals surface area contributed by atoms with Crippen molar-refractivity contribution in [1.82, 2.24) is 0 Å². The molecule has 1 aromatic carbocycles. The van der Waals surface area contributed by atoms with Crippen LogP contribution >= 0.6 is 0 Å². The summed E-state index contributed by atoms with van der Waals surface area (Å²) in [5.74, 6) is 0. The summed E-state index contributed by atoms with van der Waals surface area (Å²) in [4.78, 5) is 13.0. The molecule has 1 fully saturated rings. The van der Waals surface area contributed by atoms with Crippen molar-refractivity contribution in [2.45, 2.75) is 38.8 Å². The Morgan fingerprint density at radius 2 is 2.22 bits per heavy atom. The van der Waals surface area contributed by atoms with Crippen LogP contribution < -0.4 is 10.6 Å². The van der Waals surface area contributed by atoms with Crippen molar-refractivity contribution >= 4 is 11.4 Å². The van der Waals surface area contributed by atoms with Crippen LogP contribution in [-0.2, 0) is 0 Å². The molecule has 0 saturated carbocycles. The average molecular weight is 249 g/mol. The molecule has 0 aliphatic carbocycles. The Morgan fingerprint density at radius 1 is 1.50 bits per heavy atom. The molecule has 1 heterocycles. The van der Waals surface area contributed by atoms with Crippen LogP contribution in [0, 0.1) is 17.0 Å². The maximum atomic E-state index is 11.1. The predicted octanol–water partition coefficient (Wildman–Crippen LogP) is 2.22. The average Bonchev–Trinajstić information content (AvgIpc) is 2.29. The maximum absolute atomic E-state index is 11.1. The first-order valence-electron chi connectivity index (χ1n) is 6.27. The normalized spacial score (nSPS) is 24.1. The summed E-state index contributed by atoms with van der Waals surface area (Å²) in [6.45, 7) is 4.78. The second kappa shape index (κ2) is 4.94. The van der Waals surface area contributed by atoms with Gasteiger partial charge in [0.15, 0.2) is 0 Å². The lowest BCUT2D eigenvalue weighted by Crippen LogP contribution is -2.46. The van der Waals surface area contributed by atoms with E-state index >= 15 is 0 Å². The zero-order chi connectivity index (χ0) is 13.3. The third-order valence-corrected chi connectivity index (χ3v) is 3.62. The van der Waals surface area contributed by atoms with Gasteiger partial charge in [-0.2, -0.15) is 0 Å². The number of rotatable bonds is 2. The highest BCUT2D eigenvalue weighted by Gasteiger charge is 2.29. The van der Waals surface area contributed by atoms with Gasteiger partial charge >= 0.3 is 0 Å². The minimum Gasteiger partial charge on any atom is -0.363 e. The van der Waals surface area contributed by atoms with Crippen LogP contribution in [0.25, 0.3) is 0 Å². The van der Waals surface area contributed by atoms with Gasteiger partial charge in [0.2, 0.25) is 0 Å². The Bertz CT molecular complexity index is 462. The smallest absolute Gasteiger partial charge is 0.292 e. The quantitative estimate of drug-likeness (QED) is 0.644. The van der Waals surface area contributed by atoms with Gasteiger partial charge in [0.1, 0.15) is 5.69 Å². The summed E-state index contributed by atoms with van der Waals surface area (Å²) in [6, 6.07) is 5.68. The summed E-state index contributed by atoms with van der Waals surface area (Å²) in [6.07, 6.45) is 1.77. The van der Waals surface area contributed by atoms with E-state index in [1.54, 1.807) is 12.1 Å². The highest BCUT2D eigenvalue weighted by Crippen LogP contribution is 2.35. The van der Waals surface area contributed by atoms with Gasteiger partial charge < -0.3 is 10.6 Å². The number of nitro groups is 1. The second-order valence-corrected chi connectivity index (χ2v) is 5.03. The molecule has 0 amide bonds. The van der Waals surface area contributed by atoms with E-state index in [1.807, 2.05) is 13.0 Å². The number of para-hydroxylation sites is 1. The van der Waals surface area contributed by atoms with Crippen molar-refractivity contribution in [3.63, 3.8) is 0 Å². The fourth-order valence-corrected chi connectivity index (χ4v) is 2.71. The van der Waals surface area contributed by atoms with Gasteiger partial charge in [-0.3, -0.25) is 10.1 Å². The van der Waals surface area contributed by atoms with E-state index in [0.717, 1.165) is 30.6 Å². The minimum atomic E-state index is -0.302. The molecule has 2 atom stereocenters. The van der Waals surface area contributed by atoms with Crippen LogP contribution in [0.2, 0.25) is 0 Å². The Morgan fingerprint density at radius 3 is 2.83 bits per heavy atom. The van der Waals surface area contributed by atoms with E-state index in [9.17, 15) is 10.1 Å². The van der Waals surface area contributed by atoms with Crippen LogP contribution in [0.3, 0.4) is 0 Å². The summed E-state index contributed by atoms with van der Waals surface area (Å²) >= 11 is 0. The van der Waals surface area contributed by atoms with Gasteiger partial charge in [0.05, 0.1) is 4.92 Å². The topological polar surface area (TPSA) is 72.4 Å². The SMILES string of the molecule is Cc1cccc([N+](=O)[O-])c1N1CCC(N)CC1C. The number of nitro benzene ring substituents is 1. The zero-order valence-corrected chi connectivity index (χ0v) is 10.8. The monoisotopic (exact) mass is 249 g/mol. The van der Waals surface area contributed by atoms with Gasteiger partial charge in [0, 0.05) is 24.7 Å². The van der Waals surface area contributed by atoms with Crippen LogP contribution in [0.15, 0.2) is 18.2 Å². The Balaban J connectivity index is 2.41. The van der Waals surface area contributed by atoms with Gasteiger partial charge in [-0.1, -0.05) is 12.1 Å². The third-order valence-electron chi connectivity index (χ3n) is 3.62. The molecule has 1 saturated heterocycles. The van der Waals surface area contributed by atoms with Crippen molar-refractivity contribution in [3.05, 3.63) is 33.9 Å². The molecule has 98 valence electrons. The first kappa shape index (κ1) is 12.8. The molecule has 2 N–H and O–H groups in total.